The Morgan fingerprint density at radius 2 is 1.61 bits per heavy atom. The van der Waals surface area contributed by atoms with E-state index in [1.165, 1.54) is 0 Å². The third-order valence-electron chi connectivity index (χ3n) is 4.24. The van der Waals surface area contributed by atoms with E-state index in [2.05, 4.69) is 0 Å². The van der Waals surface area contributed by atoms with Gasteiger partial charge in [-0.05, 0) is 12.5 Å². The third-order valence-corrected chi connectivity index (χ3v) is 4.24. The van der Waals surface area contributed by atoms with Crippen LogP contribution in [-0.4, -0.2) is 17.8 Å². The zero-order chi connectivity index (χ0) is 16.4. The third kappa shape index (κ3) is 2.79. The van der Waals surface area contributed by atoms with Crippen molar-refractivity contribution in [2.24, 2.45) is 10.9 Å². The minimum atomic E-state index is -0.701. The molecule has 0 saturated heterocycles. The number of ether oxygens (including phenoxy) is 1. The lowest BCUT2D eigenvalue weighted by Crippen LogP contribution is -2.39. The van der Waals surface area contributed by atoms with Crippen molar-refractivity contribution in [3.05, 3.63) is 71.8 Å². The summed E-state index contributed by atoms with van der Waals surface area (Å²) in [6.07, 6.45) is -0.635. The summed E-state index contributed by atoms with van der Waals surface area (Å²) in [6, 6.07) is 19.2. The van der Waals surface area contributed by atoms with Crippen LogP contribution in [0, 0.1) is 5.92 Å². The van der Waals surface area contributed by atoms with Crippen LogP contribution >= 0.6 is 0 Å². The molecule has 23 heavy (non-hydrogen) atoms. The normalized spacial score (nSPS) is 23.5. The van der Waals surface area contributed by atoms with Crippen LogP contribution in [0.25, 0.3) is 0 Å². The van der Waals surface area contributed by atoms with Gasteiger partial charge in [0, 0.05) is 11.5 Å². The Morgan fingerprint density at radius 1 is 1.04 bits per heavy atom. The summed E-state index contributed by atoms with van der Waals surface area (Å²) in [4.78, 5) is 17.8. The minimum Gasteiger partial charge on any atom is -0.466 e. The first-order chi connectivity index (χ1) is 11.0. The molecule has 2 aromatic carbocycles. The lowest BCUT2D eigenvalue weighted by atomic mass is 9.83. The molecule has 3 rings (SSSR count). The number of Topliss-reactive ketones (excluding diaryl/α,β-unsaturated/α-hetero) is 1. The van der Waals surface area contributed by atoms with Crippen molar-refractivity contribution >= 4 is 11.7 Å². The van der Waals surface area contributed by atoms with Crippen LogP contribution in [0.1, 0.15) is 36.7 Å². The van der Waals surface area contributed by atoms with E-state index in [1.54, 1.807) is 0 Å². The van der Waals surface area contributed by atoms with E-state index in [-0.39, 0.29) is 11.7 Å². The molecule has 0 aromatic heterocycles. The van der Waals surface area contributed by atoms with Gasteiger partial charge in [-0.15, -0.1) is 0 Å². The number of benzene rings is 2. The van der Waals surface area contributed by atoms with Crippen molar-refractivity contribution in [3.63, 3.8) is 0 Å². The quantitative estimate of drug-likeness (QED) is 0.793. The largest absolute Gasteiger partial charge is 0.466 e. The maximum absolute atomic E-state index is 13.0. The van der Waals surface area contributed by atoms with E-state index in [0.29, 0.717) is 11.5 Å². The van der Waals surface area contributed by atoms with Crippen molar-refractivity contribution < 1.29 is 9.53 Å². The fourth-order valence-electron chi connectivity index (χ4n) is 2.87. The van der Waals surface area contributed by atoms with Crippen molar-refractivity contribution in [1.82, 2.24) is 0 Å². The van der Waals surface area contributed by atoms with Gasteiger partial charge in [-0.25, -0.2) is 4.99 Å². The van der Waals surface area contributed by atoms with Crippen LogP contribution in [-0.2, 0) is 10.3 Å². The van der Waals surface area contributed by atoms with Gasteiger partial charge in [0.1, 0.15) is 5.54 Å². The summed E-state index contributed by atoms with van der Waals surface area (Å²) >= 11 is 0. The first-order valence-corrected chi connectivity index (χ1v) is 7.93. The van der Waals surface area contributed by atoms with E-state index in [4.69, 9.17) is 9.73 Å². The first kappa shape index (κ1) is 15.5. The van der Waals surface area contributed by atoms with Gasteiger partial charge < -0.3 is 4.74 Å². The Morgan fingerprint density at radius 3 is 2.17 bits per heavy atom. The smallest absolute Gasteiger partial charge is 0.206 e. The predicted octanol–water partition coefficient (Wildman–Crippen LogP) is 4.24. The second-order valence-electron chi connectivity index (χ2n) is 6.35. The second kappa shape index (κ2) is 5.99. The average molecular weight is 307 g/mol. The SMILES string of the molecule is CC(C)C1=NC(C)(c2ccccc2)C(C(=O)c2ccccc2)O1. The van der Waals surface area contributed by atoms with Crippen molar-refractivity contribution in [2.45, 2.75) is 32.4 Å². The van der Waals surface area contributed by atoms with Crippen LogP contribution in [0.4, 0.5) is 0 Å². The van der Waals surface area contributed by atoms with Crippen molar-refractivity contribution in [2.75, 3.05) is 0 Å². The predicted molar refractivity (Wildman–Crippen MR) is 91.7 cm³/mol. The molecule has 2 unspecified atom stereocenters. The van der Waals surface area contributed by atoms with Gasteiger partial charge in [0.25, 0.3) is 0 Å². The zero-order valence-corrected chi connectivity index (χ0v) is 13.7. The molecule has 2 aromatic rings. The summed E-state index contributed by atoms with van der Waals surface area (Å²) in [5, 5.41) is 0. The molecule has 0 N–H and O–H groups in total. The number of hydrogen-bond acceptors (Lipinski definition) is 3. The second-order valence-corrected chi connectivity index (χ2v) is 6.35. The molecule has 0 amide bonds. The molecule has 1 aliphatic heterocycles. The summed E-state index contributed by atoms with van der Waals surface area (Å²) < 4.78 is 6.01. The number of aliphatic imine (C=N–C) groups is 1. The number of nitrogens with zero attached hydrogens (tertiary/aromatic N) is 1. The Hall–Kier alpha value is -2.42. The van der Waals surface area contributed by atoms with Gasteiger partial charge >= 0.3 is 0 Å². The van der Waals surface area contributed by atoms with E-state index >= 15 is 0 Å². The molecule has 0 spiro atoms. The average Bonchev–Trinajstić information content (AvgIpc) is 2.95. The number of carbonyl (C=O) groups is 1. The fraction of sp³-hybridized carbons (Fsp3) is 0.300. The number of hydrogen-bond donors (Lipinski definition) is 0. The molecule has 118 valence electrons. The molecule has 3 heteroatoms. The molecular formula is C20H21NO2. The molecule has 0 fully saturated rings. The standard InChI is InChI=1S/C20H21NO2/c1-14(2)19-21-20(3,16-12-8-5-9-13-16)18(23-19)17(22)15-10-6-4-7-11-15/h4-14,18H,1-3H3. The monoisotopic (exact) mass is 307 g/mol. The van der Waals surface area contributed by atoms with Gasteiger partial charge in [-0.1, -0.05) is 74.5 Å². The highest BCUT2D eigenvalue weighted by Gasteiger charge is 2.48. The molecule has 1 aliphatic rings. The maximum atomic E-state index is 13.0. The Kier molecular flexibility index (Phi) is 4.03. The Balaban J connectivity index is 2.04. The van der Waals surface area contributed by atoms with Gasteiger partial charge in [0.05, 0.1) is 0 Å². The summed E-state index contributed by atoms with van der Waals surface area (Å²) in [5.41, 5.74) is 0.943. The summed E-state index contributed by atoms with van der Waals surface area (Å²) in [7, 11) is 0. The molecule has 0 saturated carbocycles. The lowest BCUT2D eigenvalue weighted by molar-refractivity contribution is 0.0684. The Labute approximate surface area is 137 Å². The first-order valence-electron chi connectivity index (χ1n) is 7.93. The number of rotatable bonds is 4. The molecular weight excluding hydrogens is 286 g/mol. The van der Waals surface area contributed by atoms with Crippen LogP contribution < -0.4 is 0 Å². The van der Waals surface area contributed by atoms with Gasteiger partial charge in [0.15, 0.2) is 12.0 Å². The molecule has 1 heterocycles. The van der Waals surface area contributed by atoms with E-state index < -0.39 is 11.6 Å². The topological polar surface area (TPSA) is 38.7 Å². The highest BCUT2D eigenvalue weighted by atomic mass is 16.5. The van der Waals surface area contributed by atoms with E-state index in [0.717, 1.165) is 5.56 Å². The van der Waals surface area contributed by atoms with Crippen LogP contribution in [0.5, 0.6) is 0 Å². The van der Waals surface area contributed by atoms with Crippen molar-refractivity contribution in [1.29, 1.82) is 0 Å². The van der Waals surface area contributed by atoms with Crippen molar-refractivity contribution in [3.8, 4) is 0 Å². The van der Waals surface area contributed by atoms with E-state index in [9.17, 15) is 4.79 Å². The summed E-state index contributed by atoms with van der Waals surface area (Å²) in [6.45, 7) is 6.03. The molecule has 0 radical (unpaired) electrons. The summed E-state index contributed by atoms with van der Waals surface area (Å²) in [5.74, 6) is 0.758. The highest BCUT2D eigenvalue weighted by Crippen LogP contribution is 2.38. The highest BCUT2D eigenvalue weighted by molar-refractivity contribution is 6.03. The molecule has 0 bridgehead atoms. The molecule has 0 aliphatic carbocycles. The van der Waals surface area contributed by atoms with E-state index in [1.807, 2.05) is 81.4 Å². The number of carbonyl (C=O) groups excluding carboxylic acids is 1. The molecule has 2 atom stereocenters. The van der Waals surface area contributed by atoms with Gasteiger partial charge in [0.2, 0.25) is 5.78 Å². The molecule has 3 nitrogen and oxygen atoms in total. The minimum absolute atomic E-state index is 0.0312. The van der Waals surface area contributed by atoms with Crippen LogP contribution in [0.15, 0.2) is 65.7 Å². The number of ketones is 1. The zero-order valence-electron chi connectivity index (χ0n) is 13.7. The lowest BCUT2D eigenvalue weighted by Gasteiger charge is -2.27. The van der Waals surface area contributed by atoms with Crippen LogP contribution in [0.3, 0.4) is 0 Å². The maximum Gasteiger partial charge on any atom is 0.206 e. The van der Waals surface area contributed by atoms with Crippen LogP contribution in [0.2, 0.25) is 0 Å². The Bertz CT molecular complexity index is 722. The fourth-order valence-corrected chi connectivity index (χ4v) is 2.87. The van der Waals surface area contributed by atoms with Gasteiger partial charge in [-0.2, -0.15) is 0 Å². The van der Waals surface area contributed by atoms with Gasteiger partial charge in [-0.3, -0.25) is 4.79 Å².